The molecule has 0 radical (unpaired) electrons. The number of carbonyl (C=O) groups is 1. The van der Waals surface area contributed by atoms with Gasteiger partial charge in [-0.2, -0.15) is 13.2 Å². The molecule has 6 nitrogen and oxygen atoms in total. The Hall–Kier alpha value is -2.81. The normalized spacial score (nSPS) is 24.9. The molecule has 5 heterocycles. The van der Waals surface area contributed by atoms with Crippen molar-refractivity contribution in [2.75, 3.05) is 36.0 Å². The highest BCUT2D eigenvalue weighted by Gasteiger charge is 2.35. The van der Waals surface area contributed by atoms with Gasteiger partial charge in [-0.05, 0) is 49.1 Å². The van der Waals surface area contributed by atoms with Crippen LogP contribution < -0.4 is 15.1 Å². The number of amides is 1. The summed E-state index contributed by atoms with van der Waals surface area (Å²) >= 11 is 0. The van der Waals surface area contributed by atoms with E-state index in [1.165, 1.54) is 18.0 Å². The Labute approximate surface area is 190 Å². The first-order valence-corrected chi connectivity index (χ1v) is 11.4. The van der Waals surface area contributed by atoms with Crippen molar-refractivity contribution in [1.82, 2.24) is 10.3 Å². The summed E-state index contributed by atoms with van der Waals surface area (Å²) in [6.07, 6.45) is 0.460. The first-order valence-electron chi connectivity index (χ1n) is 11.4. The quantitative estimate of drug-likeness (QED) is 0.741. The van der Waals surface area contributed by atoms with Crippen molar-refractivity contribution < 1.29 is 22.7 Å². The molecule has 176 valence electrons. The Morgan fingerprint density at radius 1 is 1.06 bits per heavy atom. The number of anilines is 2. The van der Waals surface area contributed by atoms with Gasteiger partial charge >= 0.3 is 6.18 Å². The van der Waals surface area contributed by atoms with Gasteiger partial charge in [-0.15, -0.1) is 0 Å². The molecule has 9 heteroatoms. The van der Waals surface area contributed by atoms with Crippen molar-refractivity contribution in [2.45, 2.75) is 50.0 Å². The van der Waals surface area contributed by atoms with E-state index in [1.54, 1.807) is 0 Å². The number of alkyl halides is 3. The zero-order valence-corrected chi connectivity index (χ0v) is 18.2. The average Bonchev–Trinajstić information content (AvgIpc) is 3.28. The largest absolute Gasteiger partial charge is 0.433 e. The number of benzene rings is 1. The van der Waals surface area contributed by atoms with Crippen molar-refractivity contribution in [3.05, 3.63) is 53.9 Å². The predicted octanol–water partition coefficient (Wildman–Crippen LogP) is 3.41. The highest BCUT2D eigenvalue weighted by molar-refractivity contribution is 5.79. The van der Waals surface area contributed by atoms with Crippen molar-refractivity contribution in [3.8, 4) is 0 Å². The molecular weight excluding hydrogens is 433 g/mol. The second kappa shape index (κ2) is 8.85. The van der Waals surface area contributed by atoms with Gasteiger partial charge in [-0.3, -0.25) is 4.79 Å². The molecule has 0 saturated carbocycles. The van der Waals surface area contributed by atoms with Gasteiger partial charge in [0.05, 0.1) is 37.1 Å². The Kier molecular flexibility index (Phi) is 5.90. The van der Waals surface area contributed by atoms with Gasteiger partial charge in [-0.25, -0.2) is 4.98 Å². The minimum absolute atomic E-state index is 0.0389. The molecule has 33 heavy (non-hydrogen) atoms. The van der Waals surface area contributed by atoms with E-state index in [2.05, 4.69) is 27.3 Å². The van der Waals surface area contributed by atoms with Gasteiger partial charge < -0.3 is 19.9 Å². The molecular formula is C24H27F3N4O2. The summed E-state index contributed by atoms with van der Waals surface area (Å²) < 4.78 is 43.9. The SMILES string of the molecule is O=C(Cc1ccc(N2C[C@@H]3CC[C@H]2CO3)cc1)NC1CCN(c2ccc(C(F)(F)F)nc2)C1. The standard InChI is InChI=1S/C24H27F3N4O2/c25-24(26,27)22-8-6-19(12-28-22)30-10-9-17(13-30)29-23(32)11-16-1-3-18(4-2-16)31-14-21-7-5-20(31)15-33-21/h1-4,6,8,12,17,20-21H,5,7,9-11,13-15H2,(H,29,32)/t17?,20-,21-/m0/s1. The average molecular weight is 461 g/mol. The molecule has 4 saturated heterocycles. The predicted molar refractivity (Wildman–Crippen MR) is 118 cm³/mol. The molecule has 4 aliphatic heterocycles. The summed E-state index contributed by atoms with van der Waals surface area (Å²) in [6, 6.07) is 11.0. The van der Waals surface area contributed by atoms with Gasteiger partial charge in [0.25, 0.3) is 0 Å². The van der Waals surface area contributed by atoms with E-state index in [0.29, 0.717) is 37.3 Å². The molecule has 0 spiro atoms. The van der Waals surface area contributed by atoms with E-state index in [4.69, 9.17) is 4.74 Å². The minimum atomic E-state index is -4.44. The lowest BCUT2D eigenvalue weighted by atomic mass is 9.96. The number of fused-ring (bicyclic) bond motifs is 3. The van der Waals surface area contributed by atoms with Crippen LogP contribution in [-0.2, 0) is 22.1 Å². The summed E-state index contributed by atoms with van der Waals surface area (Å²) in [5.74, 6) is -0.0504. The lowest BCUT2D eigenvalue weighted by molar-refractivity contribution is -0.141. The molecule has 0 aliphatic carbocycles. The van der Waals surface area contributed by atoms with E-state index in [9.17, 15) is 18.0 Å². The molecule has 1 unspecified atom stereocenters. The van der Waals surface area contributed by atoms with E-state index >= 15 is 0 Å². The van der Waals surface area contributed by atoms with Crippen molar-refractivity contribution in [1.29, 1.82) is 0 Å². The maximum Gasteiger partial charge on any atom is 0.433 e. The Balaban J connectivity index is 1.12. The zero-order valence-electron chi connectivity index (χ0n) is 18.2. The lowest BCUT2D eigenvalue weighted by Crippen LogP contribution is -2.54. The van der Waals surface area contributed by atoms with Crippen LogP contribution in [0.2, 0.25) is 0 Å². The lowest BCUT2D eigenvalue weighted by Gasteiger charge is -2.46. The maximum atomic E-state index is 12.7. The number of hydrogen-bond acceptors (Lipinski definition) is 5. The van der Waals surface area contributed by atoms with Crippen molar-refractivity contribution in [3.63, 3.8) is 0 Å². The van der Waals surface area contributed by atoms with Crippen LogP contribution >= 0.6 is 0 Å². The Morgan fingerprint density at radius 3 is 2.45 bits per heavy atom. The van der Waals surface area contributed by atoms with Crippen molar-refractivity contribution >= 4 is 17.3 Å². The number of halogens is 3. The van der Waals surface area contributed by atoms with Crippen LogP contribution in [-0.4, -0.2) is 55.3 Å². The number of hydrogen-bond donors (Lipinski definition) is 1. The minimum Gasteiger partial charge on any atom is -0.374 e. The summed E-state index contributed by atoms with van der Waals surface area (Å²) in [5.41, 5.74) is 1.86. The van der Waals surface area contributed by atoms with Crippen LogP contribution in [0.15, 0.2) is 42.6 Å². The fourth-order valence-electron chi connectivity index (χ4n) is 4.99. The summed E-state index contributed by atoms with van der Waals surface area (Å²) in [6.45, 7) is 2.93. The maximum absolute atomic E-state index is 12.7. The summed E-state index contributed by atoms with van der Waals surface area (Å²) in [4.78, 5) is 20.4. The molecule has 1 aromatic heterocycles. The van der Waals surface area contributed by atoms with Crippen LogP contribution in [0.5, 0.6) is 0 Å². The number of morpholine rings is 1. The van der Waals surface area contributed by atoms with Crippen LogP contribution in [0.1, 0.15) is 30.5 Å². The summed E-state index contributed by atoms with van der Waals surface area (Å²) in [7, 11) is 0. The fourth-order valence-corrected chi connectivity index (χ4v) is 4.99. The highest BCUT2D eigenvalue weighted by Crippen LogP contribution is 2.31. The van der Waals surface area contributed by atoms with E-state index < -0.39 is 11.9 Å². The van der Waals surface area contributed by atoms with Crippen LogP contribution in [0.25, 0.3) is 0 Å². The molecule has 4 fully saturated rings. The van der Waals surface area contributed by atoms with E-state index in [1.807, 2.05) is 17.0 Å². The molecule has 1 aromatic carbocycles. The van der Waals surface area contributed by atoms with Gasteiger partial charge in [0.15, 0.2) is 0 Å². The topological polar surface area (TPSA) is 57.7 Å². The number of piperidine rings is 1. The van der Waals surface area contributed by atoms with Crippen LogP contribution in [0.3, 0.4) is 0 Å². The molecule has 2 aromatic rings. The third kappa shape index (κ3) is 4.93. The third-order valence-corrected chi connectivity index (χ3v) is 6.78. The van der Waals surface area contributed by atoms with Gasteiger partial charge in [-0.1, -0.05) is 12.1 Å². The van der Waals surface area contributed by atoms with Crippen molar-refractivity contribution in [2.24, 2.45) is 0 Å². The number of aromatic nitrogens is 1. The number of carbonyl (C=O) groups excluding carboxylic acids is 1. The third-order valence-electron chi connectivity index (χ3n) is 6.78. The number of nitrogens with zero attached hydrogens (tertiary/aromatic N) is 3. The highest BCUT2D eigenvalue weighted by atomic mass is 19.4. The first kappa shape index (κ1) is 22.0. The van der Waals surface area contributed by atoms with Gasteiger partial charge in [0, 0.05) is 31.4 Å². The molecule has 3 atom stereocenters. The van der Waals surface area contributed by atoms with Crippen LogP contribution in [0.4, 0.5) is 24.5 Å². The number of pyridine rings is 1. The summed E-state index contributed by atoms with van der Waals surface area (Å²) in [5, 5.41) is 3.05. The zero-order chi connectivity index (χ0) is 23.0. The number of nitrogens with one attached hydrogen (secondary N) is 1. The molecule has 2 bridgehead atoms. The smallest absolute Gasteiger partial charge is 0.374 e. The Bertz CT molecular complexity index is 973. The molecule has 1 amide bonds. The number of ether oxygens (including phenoxy) is 1. The molecule has 4 aliphatic rings. The van der Waals surface area contributed by atoms with Crippen LogP contribution in [0, 0.1) is 0 Å². The number of rotatable bonds is 5. The van der Waals surface area contributed by atoms with Gasteiger partial charge in [0.2, 0.25) is 5.91 Å². The van der Waals surface area contributed by atoms with E-state index in [-0.39, 0.29) is 11.9 Å². The van der Waals surface area contributed by atoms with E-state index in [0.717, 1.165) is 44.0 Å². The fraction of sp³-hybridized carbons (Fsp3) is 0.500. The molecule has 1 N–H and O–H groups in total. The molecule has 6 rings (SSSR count). The first-order chi connectivity index (χ1) is 15.8. The van der Waals surface area contributed by atoms with Gasteiger partial charge in [0.1, 0.15) is 5.69 Å². The Morgan fingerprint density at radius 2 is 1.85 bits per heavy atom. The monoisotopic (exact) mass is 460 g/mol. The second-order valence-corrected chi connectivity index (χ2v) is 9.08. The second-order valence-electron chi connectivity index (χ2n) is 9.08.